The zero-order valence-electron chi connectivity index (χ0n) is 11.6. The fourth-order valence-corrected chi connectivity index (χ4v) is 2.03. The molecular weight excluding hydrogens is 238 g/mol. The van der Waals surface area contributed by atoms with Crippen molar-refractivity contribution in [3.8, 4) is 5.88 Å². The molecule has 0 saturated carbocycles. The molecule has 0 radical (unpaired) electrons. The van der Waals surface area contributed by atoms with Crippen LogP contribution in [0.15, 0.2) is 30.6 Å². The van der Waals surface area contributed by atoms with E-state index < -0.39 is 0 Å². The van der Waals surface area contributed by atoms with Crippen molar-refractivity contribution in [3.63, 3.8) is 0 Å². The largest absolute Gasteiger partial charge is 0.480 e. The highest BCUT2D eigenvalue weighted by Gasteiger charge is 2.15. The molecule has 0 aliphatic rings. The Morgan fingerprint density at radius 2 is 1.89 bits per heavy atom. The van der Waals surface area contributed by atoms with Gasteiger partial charge in [-0.1, -0.05) is 18.2 Å². The molecule has 0 aliphatic carbocycles. The molecule has 19 heavy (non-hydrogen) atoms. The van der Waals surface area contributed by atoms with E-state index in [0.29, 0.717) is 11.6 Å². The SMILES string of the molecule is COc1nccnc1C(N)Cc1ccc(C)c(C)c1. The van der Waals surface area contributed by atoms with E-state index in [1.807, 2.05) is 0 Å². The summed E-state index contributed by atoms with van der Waals surface area (Å²) in [6.07, 6.45) is 3.96. The van der Waals surface area contributed by atoms with Crippen LogP contribution in [0.4, 0.5) is 0 Å². The molecule has 0 aliphatic heterocycles. The predicted octanol–water partition coefficient (Wildman–Crippen LogP) is 2.34. The standard InChI is InChI=1S/C15H19N3O/c1-10-4-5-12(8-11(10)2)9-13(16)14-15(19-3)18-7-6-17-14/h4-8,13H,9,16H2,1-3H3. The van der Waals surface area contributed by atoms with Crippen LogP contribution < -0.4 is 10.5 Å². The zero-order chi connectivity index (χ0) is 13.8. The van der Waals surface area contributed by atoms with Gasteiger partial charge in [0.2, 0.25) is 5.88 Å². The van der Waals surface area contributed by atoms with Crippen LogP contribution in [0.25, 0.3) is 0 Å². The highest BCUT2D eigenvalue weighted by Crippen LogP contribution is 2.22. The Labute approximate surface area is 113 Å². The third-order valence-electron chi connectivity index (χ3n) is 3.26. The maximum Gasteiger partial charge on any atom is 0.236 e. The molecule has 1 aromatic carbocycles. The second kappa shape index (κ2) is 5.80. The number of nitrogens with zero attached hydrogens (tertiary/aromatic N) is 2. The van der Waals surface area contributed by atoms with E-state index in [0.717, 1.165) is 6.42 Å². The lowest BCUT2D eigenvalue weighted by Crippen LogP contribution is -2.16. The van der Waals surface area contributed by atoms with E-state index in [1.165, 1.54) is 16.7 Å². The molecule has 4 nitrogen and oxygen atoms in total. The third-order valence-corrected chi connectivity index (χ3v) is 3.26. The lowest BCUT2D eigenvalue weighted by Gasteiger charge is -2.14. The molecule has 0 amide bonds. The number of aryl methyl sites for hydroxylation is 2. The number of rotatable bonds is 4. The Hall–Kier alpha value is -1.94. The summed E-state index contributed by atoms with van der Waals surface area (Å²) in [5.74, 6) is 0.499. The van der Waals surface area contributed by atoms with E-state index in [2.05, 4.69) is 42.0 Å². The Balaban J connectivity index is 2.20. The van der Waals surface area contributed by atoms with Gasteiger partial charge in [-0.05, 0) is 37.0 Å². The van der Waals surface area contributed by atoms with Crippen molar-refractivity contribution in [1.29, 1.82) is 0 Å². The van der Waals surface area contributed by atoms with Gasteiger partial charge in [-0.15, -0.1) is 0 Å². The molecule has 0 fully saturated rings. The zero-order valence-corrected chi connectivity index (χ0v) is 11.6. The van der Waals surface area contributed by atoms with Crippen LogP contribution in [-0.4, -0.2) is 17.1 Å². The van der Waals surface area contributed by atoms with E-state index >= 15 is 0 Å². The topological polar surface area (TPSA) is 61.0 Å². The molecule has 0 spiro atoms. The van der Waals surface area contributed by atoms with Gasteiger partial charge in [0.25, 0.3) is 0 Å². The van der Waals surface area contributed by atoms with Crippen molar-refractivity contribution in [2.75, 3.05) is 7.11 Å². The molecule has 1 atom stereocenters. The van der Waals surface area contributed by atoms with E-state index in [9.17, 15) is 0 Å². The minimum absolute atomic E-state index is 0.217. The fourth-order valence-electron chi connectivity index (χ4n) is 2.03. The highest BCUT2D eigenvalue weighted by molar-refractivity contribution is 5.31. The van der Waals surface area contributed by atoms with Crippen LogP contribution in [0, 0.1) is 13.8 Å². The van der Waals surface area contributed by atoms with Crippen LogP contribution in [0.3, 0.4) is 0 Å². The maximum absolute atomic E-state index is 6.21. The molecular formula is C15H19N3O. The first-order valence-electron chi connectivity index (χ1n) is 6.28. The molecule has 1 heterocycles. The molecule has 2 rings (SSSR count). The average molecular weight is 257 g/mol. The molecule has 2 aromatic rings. The number of nitrogens with two attached hydrogens (primary N) is 1. The highest BCUT2D eigenvalue weighted by atomic mass is 16.5. The summed E-state index contributed by atoms with van der Waals surface area (Å²) < 4.78 is 5.19. The Morgan fingerprint density at radius 3 is 2.58 bits per heavy atom. The van der Waals surface area contributed by atoms with Gasteiger partial charge in [0.05, 0.1) is 13.2 Å². The summed E-state index contributed by atoms with van der Waals surface area (Å²) in [7, 11) is 1.58. The van der Waals surface area contributed by atoms with Gasteiger partial charge in [-0.2, -0.15) is 0 Å². The number of ether oxygens (including phenoxy) is 1. The van der Waals surface area contributed by atoms with Crippen molar-refractivity contribution in [3.05, 3.63) is 53.0 Å². The monoisotopic (exact) mass is 257 g/mol. The Bertz CT molecular complexity index is 569. The van der Waals surface area contributed by atoms with Crippen LogP contribution in [0.5, 0.6) is 5.88 Å². The first-order valence-corrected chi connectivity index (χ1v) is 6.28. The van der Waals surface area contributed by atoms with Crippen molar-refractivity contribution in [1.82, 2.24) is 9.97 Å². The normalized spacial score (nSPS) is 12.2. The van der Waals surface area contributed by atoms with Crippen molar-refractivity contribution < 1.29 is 4.74 Å². The maximum atomic E-state index is 6.21. The molecule has 100 valence electrons. The van der Waals surface area contributed by atoms with Crippen molar-refractivity contribution in [2.45, 2.75) is 26.3 Å². The minimum atomic E-state index is -0.217. The van der Waals surface area contributed by atoms with E-state index in [-0.39, 0.29) is 6.04 Å². The number of hydrogen-bond donors (Lipinski definition) is 1. The number of benzene rings is 1. The van der Waals surface area contributed by atoms with Gasteiger partial charge >= 0.3 is 0 Å². The summed E-state index contributed by atoms with van der Waals surface area (Å²) in [4.78, 5) is 8.40. The van der Waals surface area contributed by atoms with E-state index in [1.54, 1.807) is 19.5 Å². The Kier molecular flexibility index (Phi) is 4.12. The van der Waals surface area contributed by atoms with Gasteiger partial charge in [-0.3, -0.25) is 4.98 Å². The van der Waals surface area contributed by atoms with Crippen molar-refractivity contribution >= 4 is 0 Å². The molecule has 2 N–H and O–H groups in total. The van der Waals surface area contributed by atoms with Crippen molar-refractivity contribution in [2.24, 2.45) is 5.73 Å². The third kappa shape index (κ3) is 3.09. The minimum Gasteiger partial charge on any atom is -0.480 e. The second-order valence-corrected chi connectivity index (χ2v) is 4.68. The molecule has 1 aromatic heterocycles. The summed E-state index contributed by atoms with van der Waals surface area (Å²) >= 11 is 0. The lowest BCUT2D eigenvalue weighted by molar-refractivity contribution is 0.384. The number of aromatic nitrogens is 2. The van der Waals surface area contributed by atoms with Gasteiger partial charge in [-0.25, -0.2) is 4.98 Å². The summed E-state index contributed by atoms with van der Waals surface area (Å²) in [6, 6.07) is 6.17. The van der Waals surface area contributed by atoms with Gasteiger partial charge in [0.1, 0.15) is 5.69 Å². The van der Waals surface area contributed by atoms with Gasteiger partial charge in [0.15, 0.2) is 0 Å². The van der Waals surface area contributed by atoms with Crippen LogP contribution in [0.1, 0.15) is 28.4 Å². The molecule has 0 bridgehead atoms. The van der Waals surface area contributed by atoms with Gasteiger partial charge < -0.3 is 10.5 Å². The average Bonchev–Trinajstić information content (AvgIpc) is 2.43. The summed E-state index contributed by atoms with van der Waals surface area (Å²) in [5, 5.41) is 0. The van der Waals surface area contributed by atoms with Crippen LogP contribution >= 0.6 is 0 Å². The smallest absolute Gasteiger partial charge is 0.236 e. The first kappa shape index (κ1) is 13.5. The molecule has 0 saturated heterocycles. The first-order chi connectivity index (χ1) is 9.11. The Morgan fingerprint density at radius 1 is 1.16 bits per heavy atom. The second-order valence-electron chi connectivity index (χ2n) is 4.68. The fraction of sp³-hybridized carbons (Fsp3) is 0.333. The summed E-state index contributed by atoms with van der Waals surface area (Å²) in [5.41, 5.74) is 10.7. The predicted molar refractivity (Wildman–Crippen MR) is 75.1 cm³/mol. The van der Waals surface area contributed by atoms with Gasteiger partial charge in [0, 0.05) is 12.4 Å². The summed E-state index contributed by atoms with van der Waals surface area (Å²) in [6.45, 7) is 4.21. The quantitative estimate of drug-likeness (QED) is 0.913. The van der Waals surface area contributed by atoms with Crippen LogP contribution in [-0.2, 0) is 6.42 Å². The van der Waals surface area contributed by atoms with Crippen LogP contribution in [0.2, 0.25) is 0 Å². The lowest BCUT2D eigenvalue weighted by atomic mass is 10.00. The van der Waals surface area contributed by atoms with E-state index in [4.69, 9.17) is 10.5 Å². The number of methoxy groups -OCH3 is 1. The molecule has 4 heteroatoms. The number of hydrogen-bond acceptors (Lipinski definition) is 4. The molecule has 1 unspecified atom stereocenters.